The van der Waals surface area contributed by atoms with Gasteiger partial charge in [-0.25, -0.2) is 0 Å². The molecule has 60 valence electrons. The summed E-state index contributed by atoms with van der Waals surface area (Å²) < 4.78 is 0. The van der Waals surface area contributed by atoms with Gasteiger partial charge in [-0.2, -0.15) is 5.26 Å². The normalized spacial score (nSPS) is 48.7. The van der Waals surface area contributed by atoms with Crippen molar-refractivity contribution in [2.24, 2.45) is 17.6 Å². The molecule has 11 heavy (non-hydrogen) atoms. The Hall–Kier alpha value is -0.550. The van der Waals surface area contributed by atoms with Gasteiger partial charge in [-0.3, -0.25) is 0 Å². The van der Waals surface area contributed by atoms with Crippen LogP contribution in [0.3, 0.4) is 0 Å². The summed E-state index contributed by atoms with van der Waals surface area (Å²) in [5.74, 6) is 1.52. The number of hydrogen-bond donors (Lipinski definition) is 1. The van der Waals surface area contributed by atoms with Crippen molar-refractivity contribution in [2.75, 3.05) is 0 Å². The fourth-order valence-corrected chi connectivity index (χ4v) is 2.75. The molecular weight excluding hydrogens is 136 g/mol. The quantitative estimate of drug-likeness (QED) is 0.567. The first-order chi connectivity index (χ1) is 5.22. The van der Waals surface area contributed by atoms with Gasteiger partial charge in [0.2, 0.25) is 0 Å². The Labute approximate surface area is 67.4 Å². The molecule has 0 aromatic carbocycles. The van der Waals surface area contributed by atoms with Crippen LogP contribution in [0.25, 0.3) is 0 Å². The molecule has 0 saturated heterocycles. The van der Waals surface area contributed by atoms with Gasteiger partial charge in [0.05, 0.1) is 6.07 Å². The van der Waals surface area contributed by atoms with Crippen LogP contribution in [0.1, 0.15) is 32.1 Å². The molecule has 2 heteroatoms. The van der Waals surface area contributed by atoms with Gasteiger partial charge in [0.25, 0.3) is 0 Å². The van der Waals surface area contributed by atoms with Crippen molar-refractivity contribution >= 4 is 0 Å². The predicted octanol–water partition coefficient (Wildman–Crippen LogP) is 1.42. The number of hydrogen-bond acceptors (Lipinski definition) is 2. The van der Waals surface area contributed by atoms with Crippen molar-refractivity contribution in [1.29, 1.82) is 5.26 Å². The van der Waals surface area contributed by atoms with Crippen molar-refractivity contribution < 1.29 is 0 Å². The zero-order valence-electron chi connectivity index (χ0n) is 6.71. The zero-order chi connectivity index (χ0) is 7.90. The summed E-state index contributed by atoms with van der Waals surface area (Å²) >= 11 is 0. The standard InChI is InChI=1S/C9H14N2/c10-6-9(11)4-7-1-2-8(3-7)5-9/h7-8H,1-5,11H2. The molecule has 2 rings (SSSR count). The van der Waals surface area contributed by atoms with Crippen molar-refractivity contribution in [1.82, 2.24) is 0 Å². The summed E-state index contributed by atoms with van der Waals surface area (Å²) in [6, 6.07) is 2.26. The van der Waals surface area contributed by atoms with E-state index in [-0.39, 0.29) is 0 Å². The average Bonchev–Trinajstić information content (AvgIpc) is 2.31. The largest absolute Gasteiger partial charge is 0.313 e. The summed E-state index contributed by atoms with van der Waals surface area (Å²) in [6.45, 7) is 0. The minimum atomic E-state index is -0.468. The predicted molar refractivity (Wildman–Crippen MR) is 42.6 cm³/mol. The molecule has 2 atom stereocenters. The Bertz CT molecular complexity index is 192. The van der Waals surface area contributed by atoms with Gasteiger partial charge in [0, 0.05) is 0 Å². The molecule has 2 unspecified atom stereocenters. The molecule has 2 fully saturated rings. The molecular formula is C9H14N2. The maximum atomic E-state index is 8.84. The maximum absolute atomic E-state index is 8.84. The van der Waals surface area contributed by atoms with Crippen LogP contribution >= 0.6 is 0 Å². The van der Waals surface area contributed by atoms with E-state index >= 15 is 0 Å². The molecule has 0 aliphatic heterocycles. The van der Waals surface area contributed by atoms with E-state index in [0.717, 1.165) is 24.7 Å². The van der Waals surface area contributed by atoms with Crippen molar-refractivity contribution in [3.63, 3.8) is 0 Å². The summed E-state index contributed by atoms with van der Waals surface area (Å²) in [5, 5.41) is 8.84. The molecule has 0 heterocycles. The fraction of sp³-hybridized carbons (Fsp3) is 0.889. The average molecular weight is 150 g/mol. The van der Waals surface area contributed by atoms with Gasteiger partial charge in [0.1, 0.15) is 5.54 Å². The lowest BCUT2D eigenvalue weighted by molar-refractivity contribution is 0.268. The van der Waals surface area contributed by atoms with E-state index < -0.39 is 5.54 Å². The van der Waals surface area contributed by atoms with E-state index in [0.29, 0.717) is 0 Å². The van der Waals surface area contributed by atoms with Crippen molar-refractivity contribution in [2.45, 2.75) is 37.6 Å². The number of fused-ring (bicyclic) bond motifs is 2. The minimum absolute atomic E-state index is 0.468. The molecule has 0 aromatic rings. The van der Waals surface area contributed by atoms with Gasteiger partial charge in [-0.05, 0) is 31.1 Å². The highest BCUT2D eigenvalue weighted by Crippen LogP contribution is 2.45. The first kappa shape index (κ1) is 7.12. The lowest BCUT2D eigenvalue weighted by Gasteiger charge is -2.31. The second-order valence-corrected chi connectivity index (χ2v) is 4.22. The summed E-state index contributed by atoms with van der Waals surface area (Å²) in [6.07, 6.45) is 5.84. The van der Waals surface area contributed by atoms with Gasteiger partial charge in [-0.1, -0.05) is 12.8 Å². The van der Waals surface area contributed by atoms with Crippen molar-refractivity contribution in [3.8, 4) is 6.07 Å². The van der Waals surface area contributed by atoms with Crippen LogP contribution in [-0.4, -0.2) is 5.54 Å². The van der Waals surface area contributed by atoms with E-state index in [1.54, 1.807) is 0 Å². The summed E-state index contributed by atoms with van der Waals surface area (Å²) in [4.78, 5) is 0. The minimum Gasteiger partial charge on any atom is -0.313 e. The molecule has 2 bridgehead atoms. The Morgan fingerprint density at radius 1 is 1.27 bits per heavy atom. The van der Waals surface area contributed by atoms with E-state index in [1.807, 2.05) is 0 Å². The number of nitrogens with two attached hydrogens (primary N) is 1. The van der Waals surface area contributed by atoms with Crippen LogP contribution in [0.15, 0.2) is 0 Å². The van der Waals surface area contributed by atoms with E-state index in [2.05, 4.69) is 6.07 Å². The van der Waals surface area contributed by atoms with Crippen LogP contribution < -0.4 is 5.73 Å². The zero-order valence-corrected chi connectivity index (χ0v) is 6.71. The summed E-state index contributed by atoms with van der Waals surface area (Å²) in [7, 11) is 0. The Morgan fingerprint density at radius 2 is 1.82 bits per heavy atom. The van der Waals surface area contributed by atoms with Gasteiger partial charge in [-0.15, -0.1) is 0 Å². The number of nitrogens with zero attached hydrogens (tertiary/aromatic N) is 1. The van der Waals surface area contributed by atoms with Gasteiger partial charge < -0.3 is 5.73 Å². The number of rotatable bonds is 0. The van der Waals surface area contributed by atoms with Crippen LogP contribution in [-0.2, 0) is 0 Å². The first-order valence-corrected chi connectivity index (χ1v) is 4.42. The number of nitriles is 1. The van der Waals surface area contributed by atoms with Gasteiger partial charge in [0.15, 0.2) is 0 Å². The molecule has 0 spiro atoms. The topological polar surface area (TPSA) is 49.8 Å². The van der Waals surface area contributed by atoms with E-state index in [9.17, 15) is 0 Å². The molecule has 0 radical (unpaired) electrons. The Kier molecular flexibility index (Phi) is 1.43. The Morgan fingerprint density at radius 3 is 2.27 bits per heavy atom. The molecule has 2 N–H and O–H groups in total. The molecule has 0 amide bonds. The van der Waals surface area contributed by atoms with Gasteiger partial charge >= 0.3 is 0 Å². The second-order valence-electron chi connectivity index (χ2n) is 4.22. The van der Waals surface area contributed by atoms with E-state index in [1.165, 1.54) is 19.3 Å². The highest BCUT2D eigenvalue weighted by atomic mass is 14.8. The third kappa shape index (κ3) is 1.14. The molecule has 2 aliphatic rings. The highest BCUT2D eigenvalue weighted by Gasteiger charge is 2.41. The third-order valence-corrected chi connectivity index (χ3v) is 3.18. The first-order valence-electron chi connectivity index (χ1n) is 4.42. The molecule has 2 nitrogen and oxygen atoms in total. The van der Waals surface area contributed by atoms with Crippen LogP contribution in [0, 0.1) is 23.2 Å². The van der Waals surface area contributed by atoms with Crippen LogP contribution in [0.4, 0.5) is 0 Å². The third-order valence-electron chi connectivity index (χ3n) is 3.18. The maximum Gasteiger partial charge on any atom is 0.104 e. The van der Waals surface area contributed by atoms with Crippen LogP contribution in [0.5, 0.6) is 0 Å². The smallest absolute Gasteiger partial charge is 0.104 e. The lowest BCUT2D eigenvalue weighted by atomic mass is 9.77. The van der Waals surface area contributed by atoms with Crippen molar-refractivity contribution in [3.05, 3.63) is 0 Å². The summed E-state index contributed by atoms with van der Waals surface area (Å²) in [5.41, 5.74) is 5.45. The Balaban J connectivity index is 2.15. The highest BCUT2D eigenvalue weighted by molar-refractivity contribution is 5.10. The molecule has 2 aliphatic carbocycles. The fourth-order valence-electron chi connectivity index (χ4n) is 2.75. The van der Waals surface area contributed by atoms with E-state index in [4.69, 9.17) is 11.0 Å². The molecule has 2 saturated carbocycles. The SMILES string of the molecule is N#CC1(N)CC2CCC(C2)C1. The molecule has 0 aromatic heterocycles. The lowest BCUT2D eigenvalue weighted by Crippen LogP contribution is -2.43. The van der Waals surface area contributed by atoms with Crippen LogP contribution in [0.2, 0.25) is 0 Å². The monoisotopic (exact) mass is 150 g/mol. The second kappa shape index (κ2) is 2.22.